The lowest BCUT2D eigenvalue weighted by molar-refractivity contribution is 0.0696. The van der Waals surface area contributed by atoms with Gasteiger partial charge in [-0.05, 0) is 43.5 Å². The van der Waals surface area contributed by atoms with Crippen molar-refractivity contribution in [3.05, 3.63) is 34.5 Å². The fraction of sp³-hybridized carbons (Fsp3) is 0.438. The Bertz CT molecular complexity index is 656. The quantitative estimate of drug-likeness (QED) is 0.881. The molecule has 0 saturated carbocycles. The van der Waals surface area contributed by atoms with Crippen molar-refractivity contribution in [3.8, 4) is 0 Å². The summed E-state index contributed by atoms with van der Waals surface area (Å²) >= 11 is 0. The van der Waals surface area contributed by atoms with Crippen LogP contribution >= 0.6 is 0 Å². The van der Waals surface area contributed by atoms with E-state index in [1.165, 1.54) is 16.6 Å². The van der Waals surface area contributed by atoms with Crippen LogP contribution in [0.1, 0.15) is 40.5 Å². The molecule has 0 saturated heterocycles. The lowest BCUT2D eigenvalue weighted by Crippen LogP contribution is -2.11. The molecular formula is C16H22N2O2. The van der Waals surface area contributed by atoms with Crippen molar-refractivity contribution in [3.63, 3.8) is 0 Å². The number of carbonyl (C=O) groups is 1. The van der Waals surface area contributed by atoms with Crippen LogP contribution in [0, 0.1) is 13.8 Å². The van der Waals surface area contributed by atoms with E-state index in [0.717, 1.165) is 23.9 Å². The van der Waals surface area contributed by atoms with Gasteiger partial charge < -0.3 is 15.4 Å². The average molecular weight is 274 g/mol. The van der Waals surface area contributed by atoms with E-state index in [-0.39, 0.29) is 0 Å². The summed E-state index contributed by atoms with van der Waals surface area (Å²) in [5, 5.41) is 10.5. The molecule has 0 aliphatic heterocycles. The number of carboxylic acid groups (broad SMARTS) is 1. The maximum atomic E-state index is 11.3. The highest BCUT2D eigenvalue weighted by Gasteiger charge is 2.17. The van der Waals surface area contributed by atoms with Gasteiger partial charge in [0.05, 0.1) is 5.56 Å². The third-order valence-corrected chi connectivity index (χ3v) is 3.88. The maximum absolute atomic E-state index is 11.3. The van der Waals surface area contributed by atoms with Gasteiger partial charge in [0.2, 0.25) is 0 Å². The highest BCUT2D eigenvalue weighted by molar-refractivity contribution is 5.96. The molecule has 3 N–H and O–H groups in total. The third-order valence-electron chi connectivity index (χ3n) is 3.88. The molecule has 0 atom stereocenters. The fourth-order valence-corrected chi connectivity index (χ4v) is 2.91. The first-order chi connectivity index (χ1) is 9.51. The Morgan fingerprint density at radius 1 is 1.35 bits per heavy atom. The van der Waals surface area contributed by atoms with E-state index < -0.39 is 5.97 Å². The number of carboxylic acids is 1. The van der Waals surface area contributed by atoms with Crippen molar-refractivity contribution in [2.24, 2.45) is 5.73 Å². The number of rotatable bonds is 5. The van der Waals surface area contributed by atoms with Crippen molar-refractivity contribution in [1.29, 1.82) is 0 Å². The summed E-state index contributed by atoms with van der Waals surface area (Å²) in [7, 11) is 0. The van der Waals surface area contributed by atoms with Crippen molar-refractivity contribution >= 4 is 16.9 Å². The van der Waals surface area contributed by atoms with Crippen LogP contribution in [0.15, 0.2) is 12.1 Å². The molecule has 20 heavy (non-hydrogen) atoms. The first-order valence-electron chi connectivity index (χ1n) is 7.06. The second-order valence-corrected chi connectivity index (χ2v) is 5.24. The van der Waals surface area contributed by atoms with E-state index in [1.54, 1.807) is 6.07 Å². The largest absolute Gasteiger partial charge is 0.478 e. The van der Waals surface area contributed by atoms with Gasteiger partial charge in [0.1, 0.15) is 0 Å². The van der Waals surface area contributed by atoms with E-state index in [2.05, 4.69) is 18.4 Å². The summed E-state index contributed by atoms with van der Waals surface area (Å²) in [6, 6.07) is 3.79. The molecule has 0 amide bonds. The van der Waals surface area contributed by atoms with Gasteiger partial charge in [-0.2, -0.15) is 0 Å². The van der Waals surface area contributed by atoms with Crippen LogP contribution in [0.5, 0.6) is 0 Å². The van der Waals surface area contributed by atoms with E-state index in [9.17, 15) is 9.90 Å². The van der Waals surface area contributed by atoms with E-state index in [0.29, 0.717) is 18.7 Å². The summed E-state index contributed by atoms with van der Waals surface area (Å²) < 4.78 is 2.15. The van der Waals surface area contributed by atoms with Gasteiger partial charge in [-0.1, -0.05) is 13.3 Å². The number of aromatic nitrogens is 1. The molecule has 1 aromatic heterocycles. The highest BCUT2D eigenvalue weighted by atomic mass is 16.4. The van der Waals surface area contributed by atoms with Crippen LogP contribution < -0.4 is 5.73 Å². The smallest absolute Gasteiger partial charge is 0.336 e. The van der Waals surface area contributed by atoms with E-state index >= 15 is 0 Å². The Labute approximate surface area is 119 Å². The molecule has 1 aromatic carbocycles. The number of nitrogens with two attached hydrogens (primary N) is 1. The van der Waals surface area contributed by atoms with Crippen LogP contribution in [0.4, 0.5) is 0 Å². The zero-order valence-electron chi connectivity index (χ0n) is 12.4. The van der Waals surface area contributed by atoms with E-state index in [4.69, 9.17) is 5.73 Å². The Morgan fingerprint density at radius 2 is 2.05 bits per heavy atom. The van der Waals surface area contributed by atoms with Crippen molar-refractivity contribution in [2.75, 3.05) is 6.54 Å². The number of aryl methyl sites for hydroxylation is 2. The third kappa shape index (κ3) is 2.31. The summed E-state index contributed by atoms with van der Waals surface area (Å²) in [5.74, 6) is -0.875. The van der Waals surface area contributed by atoms with Crippen molar-refractivity contribution in [2.45, 2.75) is 40.2 Å². The zero-order chi connectivity index (χ0) is 14.9. The zero-order valence-corrected chi connectivity index (χ0v) is 12.4. The lowest BCUT2D eigenvalue weighted by Gasteiger charge is -2.07. The summed E-state index contributed by atoms with van der Waals surface area (Å²) in [6.45, 7) is 7.37. The summed E-state index contributed by atoms with van der Waals surface area (Å²) in [6.07, 6.45) is 2.08. The Kier molecular flexibility index (Phi) is 4.14. The number of benzene rings is 1. The van der Waals surface area contributed by atoms with Crippen LogP contribution in [0.2, 0.25) is 0 Å². The molecule has 1 heterocycles. The van der Waals surface area contributed by atoms with Gasteiger partial charge in [0.25, 0.3) is 0 Å². The van der Waals surface area contributed by atoms with Crippen LogP contribution in [-0.2, 0) is 13.0 Å². The maximum Gasteiger partial charge on any atom is 0.336 e. The number of fused-ring (bicyclic) bond motifs is 1. The van der Waals surface area contributed by atoms with Crippen molar-refractivity contribution < 1.29 is 9.90 Å². The molecule has 0 aliphatic carbocycles. The second kappa shape index (κ2) is 5.67. The van der Waals surface area contributed by atoms with Crippen LogP contribution in [0.25, 0.3) is 10.9 Å². The van der Waals surface area contributed by atoms with Gasteiger partial charge >= 0.3 is 5.97 Å². The van der Waals surface area contributed by atoms with Gasteiger partial charge in [-0.15, -0.1) is 0 Å². The van der Waals surface area contributed by atoms with Gasteiger partial charge in [-0.3, -0.25) is 0 Å². The fourth-order valence-electron chi connectivity index (χ4n) is 2.91. The average Bonchev–Trinajstić information content (AvgIpc) is 2.64. The molecule has 0 fully saturated rings. The molecule has 4 heteroatoms. The number of hydrogen-bond donors (Lipinski definition) is 2. The molecule has 0 radical (unpaired) electrons. The molecule has 108 valence electrons. The number of aromatic carboxylic acids is 1. The molecule has 0 aliphatic rings. The highest BCUT2D eigenvalue weighted by Crippen LogP contribution is 2.29. The van der Waals surface area contributed by atoms with Crippen LogP contribution in [-0.4, -0.2) is 22.2 Å². The molecule has 4 nitrogen and oxygen atoms in total. The molecular weight excluding hydrogens is 252 g/mol. The standard InChI is InChI=1S/C16H22N2O2/c1-4-5-12-11(3)18(7-6-17)15-9-13(16(19)20)10(2)8-14(12)15/h8-9H,4-7,17H2,1-3H3,(H,19,20). The first-order valence-corrected chi connectivity index (χ1v) is 7.06. The Hall–Kier alpha value is -1.81. The molecule has 2 rings (SSSR count). The Balaban J connectivity index is 2.78. The summed E-state index contributed by atoms with van der Waals surface area (Å²) in [5.41, 5.74) is 10.4. The molecule has 0 bridgehead atoms. The number of nitrogens with zero attached hydrogens (tertiary/aromatic N) is 1. The minimum absolute atomic E-state index is 0.372. The number of hydrogen-bond acceptors (Lipinski definition) is 2. The van der Waals surface area contributed by atoms with Crippen molar-refractivity contribution in [1.82, 2.24) is 4.57 Å². The first kappa shape index (κ1) is 14.6. The van der Waals surface area contributed by atoms with Gasteiger partial charge in [0, 0.05) is 29.7 Å². The topological polar surface area (TPSA) is 68.2 Å². The van der Waals surface area contributed by atoms with Gasteiger partial charge in [0.15, 0.2) is 0 Å². The Morgan fingerprint density at radius 3 is 2.60 bits per heavy atom. The summed E-state index contributed by atoms with van der Waals surface area (Å²) in [4.78, 5) is 11.3. The van der Waals surface area contributed by atoms with Gasteiger partial charge in [-0.25, -0.2) is 4.79 Å². The molecule has 2 aromatic rings. The predicted molar refractivity (Wildman–Crippen MR) is 81.4 cm³/mol. The minimum Gasteiger partial charge on any atom is -0.478 e. The lowest BCUT2D eigenvalue weighted by atomic mass is 10.0. The minimum atomic E-state index is -0.875. The predicted octanol–water partition coefficient (Wildman–Crippen LogP) is 2.87. The molecule has 0 unspecified atom stereocenters. The molecule has 0 spiro atoms. The second-order valence-electron chi connectivity index (χ2n) is 5.24. The normalized spacial score (nSPS) is 11.2. The van der Waals surface area contributed by atoms with E-state index in [1.807, 2.05) is 13.0 Å². The SMILES string of the molecule is CCCc1c(C)n(CCN)c2cc(C(=O)O)c(C)cc12. The van der Waals surface area contributed by atoms with Crippen LogP contribution in [0.3, 0.4) is 0 Å². The monoisotopic (exact) mass is 274 g/mol.